The van der Waals surface area contributed by atoms with E-state index in [2.05, 4.69) is 54.9 Å². The van der Waals surface area contributed by atoms with E-state index in [1.807, 2.05) is 42.5 Å². The molecule has 0 bridgehead atoms. The fourth-order valence-corrected chi connectivity index (χ4v) is 5.29. The highest BCUT2D eigenvalue weighted by Gasteiger charge is 2.16. The fourth-order valence-electron chi connectivity index (χ4n) is 4.51. The maximum absolute atomic E-state index is 11.9. The number of H-pyrrole nitrogens is 2. The first-order valence-electron chi connectivity index (χ1n) is 12.4. The summed E-state index contributed by atoms with van der Waals surface area (Å²) in [7, 11) is 2.73. The third-order valence-electron chi connectivity index (χ3n) is 6.61. The first-order valence-corrected chi connectivity index (χ1v) is 13.9. The summed E-state index contributed by atoms with van der Waals surface area (Å²) < 4.78 is 10.3. The number of rotatable bonds is 4. The second-order valence-corrected chi connectivity index (χ2v) is 10.7. The molecule has 206 valence electrons. The molecular weight excluding hydrogens is 627 g/mol. The molecule has 0 aliphatic rings. The van der Waals surface area contributed by atoms with Crippen molar-refractivity contribution in [1.82, 2.24) is 9.97 Å². The lowest BCUT2D eigenvalue weighted by Crippen LogP contribution is -1.99. The van der Waals surface area contributed by atoms with E-state index in [4.69, 9.17) is 27.9 Å². The molecule has 0 amide bonds. The SMILES string of the molecule is COC(=O)c1c[nH]c2cc(Cl)c(-c3ccc(-c4ccccc4)cc3)cc12.COC(=O)c1c[nH]c2cc(Cl)c(Br)cc12. The van der Waals surface area contributed by atoms with E-state index in [1.54, 1.807) is 24.5 Å². The monoisotopic (exact) mass is 648 g/mol. The van der Waals surface area contributed by atoms with Crippen LogP contribution in [-0.2, 0) is 9.47 Å². The van der Waals surface area contributed by atoms with Crippen molar-refractivity contribution in [2.45, 2.75) is 0 Å². The van der Waals surface area contributed by atoms with Gasteiger partial charge in [-0.05, 0) is 56.9 Å². The molecule has 0 radical (unpaired) electrons. The Kier molecular flexibility index (Phi) is 8.49. The summed E-state index contributed by atoms with van der Waals surface area (Å²) in [6, 6.07) is 25.8. The van der Waals surface area contributed by atoms with Gasteiger partial charge in [0.1, 0.15) is 0 Å². The molecule has 0 spiro atoms. The number of nitrogens with one attached hydrogen (secondary N) is 2. The molecule has 0 saturated heterocycles. The molecule has 2 N–H and O–H groups in total. The average Bonchev–Trinajstić information content (AvgIpc) is 3.60. The second-order valence-electron chi connectivity index (χ2n) is 9.02. The lowest BCUT2D eigenvalue weighted by atomic mass is 9.99. The van der Waals surface area contributed by atoms with Gasteiger partial charge in [0.2, 0.25) is 0 Å². The van der Waals surface area contributed by atoms with Crippen molar-refractivity contribution in [2.24, 2.45) is 0 Å². The Balaban J connectivity index is 0.000000191. The summed E-state index contributed by atoms with van der Waals surface area (Å²) >= 11 is 15.7. The standard InChI is InChI=1S/C22H16ClNO2.C10H7BrClNO2/c1-26-22(25)19-13-24-21-12-20(23)17(11-18(19)21)16-9-7-15(8-10-16)14-5-3-2-4-6-14;1-15-10(14)6-4-13-9-3-8(12)7(11)2-5(6)9/h2-13,24H,1H3;2-4,13H,1H3. The van der Waals surface area contributed by atoms with Gasteiger partial charge in [0.25, 0.3) is 0 Å². The maximum Gasteiger partial charge on any atom is 0.340 e. The number of carbonyl (C=O) groups excluding carboxylic acids is 2. The number of benzene rings is 4. The summed E-state index contributed by atoms with van der Waals surface area (Å²) in [5.41, 5.74) is 6.80. The quantitative estimate of drug-likeness (QED) is 0.186. The zero-order valence-electron chi connectivity index (χ0n) is 21.9. The smallest absolute Gasteiger partial charge is 0.340 e. The van der Waals surface area contributed by atoms with E-state index < -0.39 is 0 Å². The van der Waals surface area contributed by atoms with Crippen LogP contribution in [0.4, 0.5) is 0 Å². The van der Waals surface area contributed by atoms with Gasteiger partial charge in [-0.15, -0.1) is 0 Å². The summed E-state index contributed by atoms with van der Waals surface area (Å²) in [5.74, 6) is -0.737. The summed E-state index contributed by atoms with van der Waals surface area (Å²) in [5, 5.41) is 2.81. The van der Waals surface area contributed by atoms with Crippen LogP contribution in [0.1, 0.15) is 20.7 Å². The molecule has 6 rings (SSSR count). The highest BCUT2D eigenvalue weighted by Crippen LogP contribution is 2.35. The van der Waals surface area contributed by atoms with Crippen LogP contribution in [0, 0.1) is 0 Å². The molecule has 6 aromatic rings. The van der Waals surface area contributed by atoms with Gasteiger partial charge in [0.05, 0.1) is 35.4 Å². The van der Waals surface area contributed by atoms with Gasteiger partial charge >= 0.3 is 11.9 Å². The predicted octanol–water partition coefficient (Wildman–Crippen LogP) is 9.31. The molecule has 9 heteroatoms. The molecule has 2 heterocycles. The van der Waals surface area contributed by atoms with E-state index in [9.17, 15) is 9.59 Å². The largest absolute Gasteiger partial charge is 0.465 e. The van der Waals surface area contributed by atoms with E-state index >= 15 is 0 Å². The van der Waals surface area contributed by atoms with Crippen molar-refractivity contribution in [3.63, 3.8) is 0 Å². The second kappa shape index (κ2) is 12.2. The summed E-state index contributed by atoms with van der Waals surface area (Å²) in [6.07, 6.45) is 3.26. The van der Waals surface area contributed by atoms with Crippen molar-refractivity contribution < 1.29 is 19.1 Å². The van der Waals surface area contributed by atoms with Gasteiger partial charge in [0, 0.05) is 44.2 Å². The van der Waals surface area contributed by atoms with Crippen LogP contribution in [0.3, 0.4) is 0 Å². The van der Waals surface area contributed by atoms with Gasteiger partial charge < -0.3 is 19.4 Å². The van der Waals surface area contributed by atoms with E-state index in [-0.39, 0.29) is 11.9 Å². The minimum absolute atomic E-state index is 0.365. The number of ether oxygens (including phenoxy) is 2. The predicted molar refractivity (Wildman–Crippen MR) is 168 cm³/mol. The number of hydrogen-bond acceptors (Lipinski definition) is 4. The van der Waals surface area contributed by atoms with Crippen molar-refractivity contribution >= 4 is 72.9 Å². The van der Waals surface area contributed by atoms with Crippen LogP contribution in [-0.4, -0.2) is 36.1 Å². The van der Waals surface area contributed by atoms with Gasteiger partial charge in [-0.25, -0.2) is 9.59 Å². The molecule has 0 unspecified atom stereocenters. The summed E-state index contributed by atoms with van der Waals surface area (Å²) in [6.45, 7) is 0. The zero-order chi connectivity index (χ0) is 29.1. The number of fused-ring (bicyclic) bond motifs is 2. The van der Waals surface area contributed by atoms with Crippen molar-refractivity contribution in [1.29, 1.82) is 0 Å². The Bertz CT molecular complexity index is 1880. The molecule has 0 aliphatic heterocycles. The first kappa shape index (κ1) is 28.5. The van der Waals surface area contributed by atoms with Crippen LogP contribution < -0.4 is 0 Å². The Hall–Kier alpha value is -4.04. The Morgan fingerprint density at radius 3 is 1.71 bits per heavy atom. The lowest BCUT2D eigenvalue weighted by molar-refractivity contribution is 0.0594. The topological polar surface area (TPSA) is 84.2 Å². The van der Waals surface area contributed by atoms with Crippen molar-refractivity contribution in [3.8, 4) is 22.3 Å². The normalized spacial score (nSPS) is 10.8. The Morgan fingerprint density at radius 1 is 0.659 bits per heavy atom. The Morgan fingerprint density at radius 2 is 1.15 bits per heavy atom. The molecule has 6 nitrogen and oxygen atoms in total. The number of hydrogen-bond donors (Lipinski definition) is 2. The molecule has 0 fully saturated rings. The third-order valence-corrected chi connectivity index (χ3v) is 8.12. The van der Waals surface area contributed by atoms with E-state index in [1.165, 1.54) is 19.8 Å². The zero-order valence-corrected chi connectivity index (χ0v) is 25.0. The lowest BCUT2D eigenvalue weighted by Gasteiger charge is -2.08. The number of carbonyl (C=O) groups is 2. The van der Waals surface area contributed by atoms with Gasteiger partial charge in [0.15, 0.2) is 0 Å². The van der Waals surface area contributed by atoms with Crippen LogP contribution >= 0.6 is 39.1 Å². The number of methoxy groups -OCH3 is 2. The minimum Gasteiger partial charge on any atom is -0.465 e. The number of halogens is 3. The van der Waals surface area contributed by atoms with Crippen LogP contribution in [0.2, 0.25) is 10.0 Å². The third kappa shape index (κ3) is 5.88. The van der Waals surface area contributed by atoms with Crippen molar-refractivity contribution in [3.05, 3.63) is 117 Å². The average molecular weight is 650 g/mol. The molecule has 2 aromatic heterocycles. The first-order chi connectivity index (χ1) is 19.8. The maximum atomic E-state index is 11.9. The minimum atomic E-state index is -0.371. The van der Waals surface area contributed by atoms with E-state index in [0.29, 0.717) is 21.2 Å². The van der Waals surface area contributed by atoms with Crippen LogP contribution in [0.5, 0.6) is 0 Å². The molecule has 0 aliphatic carbocycles. The van der Waals surface area contributed by atoms with Gasteiger partial charge in [-0.2, -0.15) is 0 Å². The number of aromatic nitrogens is 2. The van der Waals surface area contributed by atoms with Crippen molar-refractivity contribution in [2.75, 3.05) is 14.2 Å². The molecule has 41 heavy (non-hydrogen) atoms. The molecule has 0 atom stereocenters. The Labute approximate surface area is 254 Å². The highest BCUT2D eigenvalue weighted by atomic mass is 79.9. The van der Waals surface area contributed by atoms with E-state index in [0.717, 1.165) is 43.0 Å². The number of aromatic amines is 2. The molecule has 0 saturated carbocycles. The van der Waals surface area contributed by atoms with Gasteiger partial charge in [-0.1, -0.05) is 77.8 Å². The van der Waals surface area contributed by atoms with Gasteiger partial charge in [-0.3, -0.25) is 0 Å². The van der Waals surface area contributed by atoms with Crippen LogP contribution in [0.15, 0.2) is 95.7 Å². The fraction of sp³-hybridized carbons (Fsp3) is 0.0625. The van der Waals surface area contributed by atoms with Crippen LogP contribution in [0.25, 0.3) is 44.1 Å². The molecular formula is C32H23BrCl2N2O4. The molecule has 4 aromatic carbocycles. The highest BCUT2D eigenvalue weighted by molar-refractivity contribution is 9.10. The number of esters is 2. The summed E-state index contributed by atoms with van der Waals surface area (Å²) in [4.78, 5) is 29.4.